The molecule has 0 saturated heterocycles. The molecule has 4 rings (SSSR count). The molecule has 0 fully saturated rings. The van der Waals surface area contributed by atoms with Gasteiger partial charge in [-0.05, 0) is 55.2 Å². The molecule has 130 valence electrons. The Morgan fingerprint density at radius 2 is 1.50 bits per heavy atom. The maximum Gasteiger partial charge on any atom is 0.0716 e. The number of nitrogens with zero attached hydrogens (tertiary/aromatic N) is 1. The first-order valence-electron chi connectivity index (χ1n) is 9.08. The van der Waals surface area contributed by atoms with Gasteiger partial charge in [-0.3, -0.25) is 4.98 Å². The van der Waals surface area contributed by atoms with Crippen LogP contribution < -0.4 is 0 Å². The summed E-state index contributed by atoms with van der Waals surface area (Å²) in [4.78, 5) is 6.01. The Morgan fingerprint density at radius 1 is 0.808 bits per heavy atom. The van der Waals surface area contributed by atoms with Crippen LogP contribution in [0.3, 0.4) is 0 Å². The van der Waals surface area contributed by atoms with Gasteiger partial charge in [0.1, 0.15) is 0 Å². The van der Waals surface area contributed by atoms with E-state index in [2.05, 4.69) is 82.3 Å². The molecule has 0 spiro atoms. The van der Waals surface area contributed by atoms with E-state index in [1.807, 2.05) is 17.5 Å². The summed E-state index contributed by atoms with van der Waals surface area (Å²) in [7, 11) is 0. The predicted octanol–water partition coefficient (Wildman–Crippen LogP) is 7.37. The topological polar surface area (TPSA) is 12.9 Å². The molecule has 0 bridgehead atoms. The van der Waals surface area contributed by atoms with Crippen LogP contribution in [0.1, 0.15) is 36.5 Å². The second-order valence-corrected chi connectivity index (χ2v) is 8.45. The summed E-state index contributed by atoms with van der Waals surface area (Å²) in [6.07, 6.45) is 2.00. The fraction of sp³-hybridized carbons (Fsp3) is 0.208. The fourth-order valence-electron chi connectivity index (χ4n) is 3.39. The minimum atomic E-state index is 0.566. The minimum Gasteiger partial charge on any atom is -0.256 e. The molecule has 4 aromatic rings. The van der Waals surface area contributed by atoms with Crippen LogP contribution in [0.4, 0.5) is 0 Å². The summed E-state index contributed by atoms with van der Waals surface area (Å²) in [5, 5.41) is 1.21. The molecule has 2 aromatic heterocycles. The largest absolute Gasteiger partial charge is 0.256 e. The van der Waals surface area contributed by atoms with Crippen molar-refractivity contribution in [2.24, 2.45) is 0 Å². The first-order valence-corrected chi connectivity index (χ1v) is 9.90. The van der Waals surface area contributed by atoms with Crippen molar-refractivity contribution in [2.45, 2.75) is 33.6 Å². The minimum absolute atomic E-state index is 0.566. The van der Waals surface area contributed by atoms with Gasteiger partial charge in [-0.15, -0.1) is 11.3 Å². The predicted molar refractivity (Wildman–Crippen MR) is 114 cm³/mol. The summed E-state index contributed by atoms with van der Waals surface area (Å²) >= 11 is 1.84. The third-order valence-corrected chi connectivity index (χ3v) is 5.93. The molecule has 1 nitrogen and oxygen atoms in total. The van der Waals surface area contributed by atoms with Crippen LogP contribution in [-0.2, 0) is 0 Å². The van der Waals surface area contributed by atoms with Crippen LogP contribution in [0.5, 0.6) is 0 Å². The molecule has 0 aliphatic heterocycles. The number of fused-ring (bicyclic) bond motifs is 1. The second kappa shape index (κ2) is 6.69. The summed E-state index contributed by atoms with van der Waals surface area (Å²) < 4.78 is 1.29. The number of hydrogen-bond donors (Lipinski definition) is 0. The van der Waals surface area contributed by atoms with Gasteiger partial charge < -0.3 is 0 Å². The Bertz CT molecular complexity index is 1050. The van der Waals surface area contributed by atoms with Crippen molar-refractivity contribution in [1.82, 2.24) is 4.98 Å². The highest BCUT2D eigenvalue weighted by atomic mass is 32.1. The monoisotopic (exact) mass is 357 g/mol. The van der Waals surface area contributed by atoms with Crippen molar-refractivity contribution in [3.05, 3.63) is 77.5 Å². The van der Waals surface area contributed by atoms with Crippen molar-refractivity contribution in [2.75, 3.05) is 0 Å². The van der Waals surface area contributed by atoms with Gasteiger partial charge in [-0.2, -0.15) is 0 Å². The SMILES string of the molecule is Cc1cc(C)cc(-c2cc3sc(-c4ccc(C(C)C)cc4)cc3cn2)c1. The van der Waals surface area contributed by atoms with E-state index in [0.717, 1.165) is 5.69 Å². The van der Waals surface area contributed by atoms with Gasteiger partial charge in [0.05, 0.1) is 5.69 Å². The first-order chi connectivity index (χ1) is 12.5. The Hall–Kier alpha value is -2.45. The molecule has 0 atom stereocenters. The van der Waals surface area contributed by atoms with E-state index < -0.39 is 0 Å². The van der Waals surface area contributed by atoms with Crippen molar-refractivity contribution >= 4 is 21.4 Å². The Labute approximate surface area is 159 Å². The van der Waals surface area contributed by atoms with E-state index in [1.54, 1.807) is 0 Å². The molecular formula is C24H23NS. The molecule has 0 saturated carbocycles. The standard InChI is InChI=1S/C24H23NS/c1-15(2)18-5-7-19(8-6-18)23-12-21-14-25-22(13-24(21)26-23)20-10-16(3)9-17(4)11-20/h5-15H,1-4H3. The Balaban J connectivity index is 1.73. The Kier molecular flexibility index (Phi) is 4.37. The van der Waals surface area contributed by atoms with Gasteiger partial charge in [-0.1, -0.05) is 55.3 Å². The maximum atomic E-state index is 4.71. The molecule has 26 heavy (non-hydrogen) atoms. The highest BCUT2D eigenvalue weighted by Crippen LogP contribution is 2.35. The molecule has 2 heteroatoms. The Morgan fingerprint density at radius 3 is 2.15 bits per heavy atom. The lowest BCUT2D eigenvalue weighted by atomic mass is 10.0. The highest BCUT2D eigenvalue weighted by molar-refractivity contribution is 7.22. The number of aryl methyl sites for hydroxylation is 2. The molecule has 0 aliphatic carbocycles. The average molecular weight is 358 g/mol. The average Bonchev–Trinajstić information content (AvgIpc) is 3.04. The molecule has 2 heterocycles. The van der Waals surface area contributed by atoms with E-state index in [4.69, 9.17) is 4.98 Å². The van der Waals surface area contributed by atoms with Gasteiger partial charge in [0.2, 0.25) is 0 Å². The van der Waals surface area contributed by atoms with Gasteiger partial charge >= 0.3 is 0 Å². The normalized spacial score (nSPS) is 11.4. The zero-order chi connectivity index (χ0) is 18.3. The highest BCUT2D eigenvalue weighted by Gasteiger charge is 2.08. The third kappa shape index (κ3) is 3.30. The lowest BCUT2D eigenvalue weighted by molar-refractivity contribution is 0.867. The van der Waals surface area contributed by atoms with E-state index >= 15 is 0 Å². The summed E-state index contributed by atoms with van der Waals surface area (Å²) in [6, 6.07) is 20.0. The van der Waals surface area contributed by atoms with Crippen LogP contribution in [0.2, 0.25) is 0 Å². The van der Waals surface area contributed by atoms with Crippen LogP contribution in [-0.4, -0.2) is 4.98 Å². The van der Waals surface area contributed by atoms with E-state index in [0.29, 0.717) is 5.92 Å². The zero-order valence-corrected chi connectivity index (χ0v) is 16.5. The number of rotatable bonds is 3. The molecule has 2 aromatic carbocycles. The van der Waals surface area contributed by atoms with E-state index in [1.165, 1.54) is 42.8 Å². The molecule has 0 N–H and O–H groups in total. The number of thiophene rings is 1. The molecule has 0 unspecified atom stereocenters. The second-order valence-electron chi connectivity index (χ2n) is 7.37. The van der Waals surface area contributed by atoms with E-state index in [-0.39, 0.29) is 0 Å². The molecule has 0 aliphatic rings. The zero-order valence-electron chi connectivity index (χ0n) is 15.7. The van der Waals surface area contributed by atoms with Crippen LogP contribution >= 0.6 is 11.3 Å². The van der Waals surface area contributed by atoms with Gasteiger partial charge in [0, 0.05) is 26.7 Å². The summed E-state index contributed by atoms with van der Waals surface area (Å²) in [6.45, 7) is 8.74. The van der Waals surface area contributed by atoms with Crippen LogP contribution in [0.15, 0.2) is 60.8 Å². The van der Waals surface area contributed by atoms with Crippen LogP contribution in [0, 0.1) is 13.8 Å². The lowest BCUT2D eigenvalue weighted by Gasteiger charge is -2.05. The first kappa shape index (κ1) is 17.0. The van der Waals surface area contributed by atoms with Crippen molar-refractivity contribution in [1.29, 1.82) is 0 Å². The van der Waals surface area contributed by atoms with Gasteiger partial charge in [0.25, 0.3) is 0 Å². The number of pyridine rings is 1. The number of aromatic nitrogens is 1. The summed E-state index contributed by atoms with van der Waals surface area (Å²) in [5.74, 6) is 0.566. The summed E-state index contributed by atoms with van der Waals surface area (Å²) in [5.41, 5.74) is 7.46. The van der Waals surface area contributed by atoms with Crippen molar-refractivity contribution in [3.63, 3.8) is 0 Å². The molecule has 0 amide bonds. The lowest BCUT2D eigenvalue weighted by Crippen LogP contribution is -1.85. The molecular weight excluding hydrogens is 334 g/mol. The van der Waals surface area contributed by atoms with Gasteiger partial charge in [0.15, 0.2) is 0 Å². The molecule has 0 radical (unpaired) electrons. The van der Waals surface area contributed by atoms with E-state index in [9.17, 15) is 0 Å². The smallest absolute Gasteiger partial charge is 0.0716 e. The quantitative estimate of drug-likeness (QED) is 0.373. The fourth-order valence-corrected chi connectivity index (χ4v) is 4.47. The van der Waals surface area contributed by atoms with Crippen molar-refractivity contribution < 1.29 is 0 Å². The third-order valence-electron chi connectivity index (χ3n) is 4.78. The van der Waals surface area contributed by atoms with Crippen molar-refractivity contribution in [3.8, 4) is 21.7 Å². The number of benzene rings is 2. The van der Waals surface area contributed by atoms with Crippen LogP contribution in [0.25, 0.3) is 31.8 Å². The number of hydrogen-bond acceptors (Lipinski definition) is 2. The van der Waals surface area contributed by atoms with Gasteiger partial charge in [-0.25, -0.2) is 0 Å². The maximum absolute atomic E-state index is 4.71.